The number of esters is 1. The molecule has 0 spiro atoms. The van der Waals surface area contributed by atoms with Crippen LogP contribution in [-0.4, -0.2) is 31.4 Å². The van der Waals surface area contributed by atoms with Gasteiger partial charge in [-0.1, -0.05) is 41.9 Å². The molecule has 0 radical (unpaired) electrons. The van der Waals surface area contributed by atoms with E-state index in [0.717, 1.165) is 5.56 Å². The van der Waals surface area contributed by atoms with Crippen molar-refractivity contribution in [2.75, 3.05) is 18.6 Å². The van der Waals surface area contributed by atoms with Gasteiger partial charge in [0.05, 0.1) is 23.4 Å². The molecule has 1 N–H and O–H groups in total. The molecule has 136 valence electrons. The summed E-state index contributed by atoms with van der Waals surface area (Å²) in [5.74, 6) is -1.27. The van der Waals surface area contributed by atoms with Crippen LogP contribution in [0.15, 0.2) is 48.5 Å². The van der Waals surface area contributed by atoms with Crippen molar-refractivity contribution in [3.8, 4) is 0 Å². The van der Waals surface area contributed by atoms with Gasteiger partial charge in [-0.05, 0) is 23.8 Å². The summed E-state index contributed by atoms with van der Waals surface area (Å²) in [6.45, 7) is 1.46. The van der Waals surface area contributed by atoms with Gasteiger partial charge in [-0.25, -0.2) is 4.79 Å². The quantitative estimate of drug-likeness (QED) is 0.789. The number of rotatable bonds is 6. The van der Waals surface area contributed by atoms with Gasteiger partial charge in [0.1, 0.15) is 6.54 Å². The molecule has 7 heteroatoms. The average Bonchev–Trinajstić information content (AvgIpc) is 2.65. The Labute approximate surface area is 156 Å². The minimum Gasteiger partial charge on any atom is -0.465 e. The van der Waals surface area contributed by atoms with E-state index in [1.807, 2.05) is 30.3 Å². The number of ether oxygens (including phenoxy) is 1. The maximum Gasteiger partial charge on any atom is 0.337 e. The highest BCUT2D eigenvalue weighted by Crippen LogP contribution is 2.27. The molecule has 0 aliphatic carbocycles. The van der Waals surface area contributed by atoms with E-state index in [0.29, 0.717) is 6.54 Å². The molecule has 6 nitrogen and oxygen atoms in total. The molecular weight excluding hydrogens is 356 g/mol. The van der Waals surface area contributed by atoms with Gasteiger partial charge in [0, 0.05) is 13.5 Å². The van der Waals surface area contributed by atoms with Gasteiger partial charge in [-0.3, -0.25) is 9.59 Å². The number of benzene rings is 2. The molecule has 0 unspecified atom stereocenters. The monoisotopic (exact) mass is 374 g/mol. The topological polar surface area (TPSA) is 75.7 Å². The van der Waals surface area contributed by atoms with Crippen LogP contribution >= 0.6 is 11.6 Å². The molecule has 2 amide bonds. The number of nitrogens with one attached hydrogen (secondary N) is 1. The van der Waals surface area contributed by atoms with E-state index in [-0.39, 0.29) is 34.6 Å². The van der Waals surface area contributed by atoms with Gasteiger partial charge in [0.25, 0.3) is 0 Å². The molecule has 0 heterocycles. The van der Waals surface area contributed by atoms with Crippen LogP contribution in [0.5, 0.6) is 0 Å². The number of hydrogen-bond acceptors (Lipinski definition) is 4. The van der Waals surface area contributed by atoms with E-state index in [4.69, 9.17) is 11.6 Å². The van der Waals surface area contributed by atoms with Crippen molar-refractivity contribution in [1.82, 2.24) is 5.32 Å². The van der Waals surface area contributed by atoms with Crippen LogP contribution in [0.1, 0.15) is 22.8 Å². The number of halogens is 1. The summed E-state index contributed by atoms with van der Waals surface area (Å²) in [4.78, 5) is 37.2. The lowest BCUT2D eigenvalue weighted by atomic mass is 10.2. The molecule has 2 aromatic rings. The molecule has 0 aliphatic rings. The first-order valence-electron chi connectivity index (χ1n) is 7.89. The second-order valence-electron chi connectivity index (χ2n) is 5.53. The fraction of sp³-hybridized carbons (Fsp3) is 0.211. The maximum absolute atomic E-state index is 12.3. The van der Waals surface area contributed by atoms with Crippen molar-refractivity contribution in [2.45, 2.75) is 13.5 Å². The predicted octanol–water partition coefficient (Wildman–Crippen LogP) is 2.80. The van der Waals surface area contributed by atoms with Gasteiger partial charge in [0.15, 0.2) is 0 Å². The molecule has 0 aromatic heterocycles. The Morgan fingerprint density at radius 1 is 1.12 bits per heavy atom. The first kappa shape index (κ1) is 19.5. The van der Waals surface area contributed by atoms with Crippen molar-refractivity contribution in [3.05, 3.63) is 64.7 Å². The number of carbonyl (C=O) groups is 3. The summed E-state index contributed by atoms with van der Waals surface area (Å²) in [6, 6.07) is 13.8. The highest BCUT2D eigenvalue weighted by Gasteiger charge is 2.20. The molecule has 0 atom stereocenters. The van der Waals surface area contributed by atoms with Crippen LogP contribution in [0, 0.1) is 0 Å². The summed E-state index contributed by atoms with van der Waals surface area (Å²) in [6.07, 6.45) is 0. The van der Waals surface area contributed by atoms with Crippen molar-refractivity contribution < 1.29 is 19.1 Å². The number of hydrogen-bond donors (Lipinski definition) is 1. The average molecular weight is 375 g/mol. The minimum absolute atomic E-state index is 0.216. The fourth-order valence-electron chi connectivity index (χ4n) is 2.33. The van der Waals surface area contributed by atoms with Gasteiger partial charge in [-0.2, -0.15) is 0 Å². The third-order valence-corrected chi connectivity index (χ3v) is 3.99. The first-order chi connectivity index (χ1) is 12.4. The Hall–Kier alpha value is -2.86. The lowest BCUT2D eigenvalue weighted by Gasteiger charge is -2.22. The third-order valence-electron chi connectivity index (χ3n) is 3.67. The van der Waals surface area contributed by atoms with E-state index in [1.54, 1.807) is 0 Å². The first-order valence-corrected chi connectivity index (χ1v) is 8.26. The summed E-state index contributed by atoms with van der Waals surface area (Å²) in [5, 5.41) is 3.01. The molecule has 2 aromatic carbocycles. The number of methoxy groups -OCH3 is 1. The van der Waals surface area contributed by atoms with Crippen molar-refractivity contribution in [1.29, 1.82) is 0 Å². The zero-order valence-electron chi connectivity index (χ0n) is 14.5. The maximum atomic E-state index is 12.3. The Kier molecular flexibility index (Phi) is 6.74. The highest BCUT2D eigenvalue weighted by atomic mass is 35.5. The van der Waals surface area contributed by atoms with E-state index in [9.17, 15) is 14.4 Å². The van der Waals surface area contributed by atoms with Gasteiger partial charge in [-0.15, -0.1) is 0 Å². The summed E-state index contributed by atoms with van der Waals surface area (Å²) in [7, 11) is 1.26. The van der Waals surface area contributed by atoms with E-state index >= 15 is 0 Å². The third kappa shape index (κ3) is 5.07. The Balaban J connectivity index is 2.14. The van der Waals surface area contributed by atoms with Crippen molar-refractivity contribution in [2.24, 2.45) is 0 Å². The predicted molar refractivity (Wildman–Crippen MR) is 99.1 cm³/mol. The Bertz CT molecular complexity index is 808. The Morgan fingerprint density at radius 2 is 1.81 bits per heavy atom. The molecule has 26 heavy (non-hydrogen) atoms. The molecular formula is C19H19ClN2O4. The number of carbonyl (C=O) groups excluding carboxylic acids is 3. The highest BCUT2D eigenvalue weighted by molar-refractivity contribution is 6.34. The van der Waals surface area contributed by atoms with E-state index in [2.05, 4.69) is 10.1 Å². The number of anilines is 1. The normalized spacial score (nSPS) is 10.1. The smallest absolute Gasteiger partial charge is 0.337 e. The van der Waals surface area contributed by atoms with Crippen LogP contribution in [-0.2, 0) is 20.9 Å². The zero-order chi connectivity index (χ0) is 19.1. The number of amides is 2. The lowest BCUT2D eigenvalue weighted by Crippen LogP contribution is -2.39. The fourth-order valence-corrected chi connectivity index (χ4v) is 2.55. The summed E-state index contributed by atoms with van der Waals surface area (Å²) in [5.41, 5.74) is 1.46. The standard InChI is InChI=1S/C19H19ClN2O4/c1-13(23)22(12-18(24)21-11-14-6-4-3-5-7-14)17-10-15(19(25)26-2)8-9-16(17)20/h3-10H,11-12H2,1-2H3,(H,21,24). The van der Waals surface area contributed by atoms with Gasteiger partial charge >= 0.3 is 5.97 Å². The molecule has 0 fully saturated rings. The van der Waals surface area contributed by atoms with Crippen LogP contribution in [0.2, 0.25) is 5.02 Å². The summed E-state index contributed by atoms with van der Waals surface area (Å²) >= 11 is 6.16. The molecule has 0 aliphatic heterocycles. The summed E-state index contributed by atoms with van der Waals surface area (Å²) < 4.78 is 4.68. The molecule has 2 rings (SSSR count). The molecule has 0 bridgehead atoms. The largest absolute Gasteiger partial charge is 0.465 e. The van der Waals surface area contributed by atoms with Gasteiger partial charge < -0.3 is 15.0 Å². The molecule has 0 saturated carbocycles. The minimum atomic E-state index is -0.556. The van der Waals surface area contributed by atoms with Crippen LogP contribution < -0.4 is 10.2 Å². The van der Waals surface area contributed by atoms with Crippen molar-refractivity contribution >= 4 is 35.1 Å². The Morgan fingerprint density at radius 3 is 2.42 bits per heavy atom. The number of nitrogens with zero attached hydrogens (tertiary/aromatic N) is 1. The van der Waals surface area contributed by atoms with Crippen LogP contribution in [0.4, 0.5) is 5.69 Å². The van der Waals surface area contributed by atoms with E-state index in [1.165, 1.54) is 37.1 Å². The second-order valence-corrected chi connectivity index (χ2v) is 5.93. The van der Waals surface area contributed by atoms with Crippen LogP contribution in [0.25, 0.3) is 0 Å². The zero-order valence-corrected chi connectivity index (χ0v) is 15.2. The molecule has 0 saturated heterocycles. The lowest BCUT2D eigenvalue weighted by molar-refractivity contribution is -0.123. The van der Waals surface area contributed by atoms with Crippen molar-refractivity contribution in [3.63, 3.8) is 0 Å². The van der Waals surface area contributed by atoms with E-state index < -0.39 is 5.97 Å². The van der Waals surface area contributed by atoms with Gasteiger partial charge in [0.2, 0.25) is 11.8 Å². The second kappa shape index (κ2) is 9.01. The SMILES string of the molecule is COC(=O)c1ccc(Cl)c(N(CC(=O)NCc2ccccc2)C(C)=O)c1. The van der Waals surface area contributed by atoms with Crippen LogP contribution in [0.3, 0.4) is 0 Å².